The van der Waals surface area contributed by atoms with Crippen LogP contribution < -0.4 is 0 Å². The zero-order valence-corrected chi connectivity index (χ0v) is 12.6. The van der Waals surface area contributed by atoms with Gasteiger partial charge in [-0.2, -0.15) is 5.26 Å². The van der Waals surface area contributed by atoms with Crippen LogP contribution in [0.4, 0.5) is 4.79 Å². The Balaban J connectivity index is 4.53. The van der Waals surface area contributed by atoms with Crippen molar-refractivity contribution in [2.45, 2.75) is 58.5 Å². The number of nitrogens with zero attached hydrogens (tertiary/aromatic N) is 2. The van der Waals surface area contributed by atoms with E-state index in [1.165, 1.54) is 14.0 Å². The second-order valence-electron chi connectivity index (χ2n) is 5.58. The van der Waals surface area contributed by atoms with Gasteiger partial charge < -0.3 is 14.6 Å². The molecule has 0 spiro atoms. The van der Waals surface area contributed by atoms with Crippen molar-refractivity contribution >= 4 is 6.09 Å². The van der Waals surface area contributed by atoms with E-state index in [1.54, 1.807) is 27.7 Å². The van der Waals surface area contributed by atoms with Gasteiger partial charge in [0.1, 0.15) is 11.6 Å². The predicted octanol–water partition coefficient (Wildman–Crippen LogP) is 1.88. The second-order valence-corrected chi connectivity index (χ2v) is 5.58. The van der Waals surface area contributed by atoms with Gasteiger partial charge in [-0.1, -0.05) is 6.92 Å². The Hall–Kier alpha value is -1.32. The van der Waals surface area contributed by atoms with Crippen LogP contribution in [-0.2, 0) is 9.47 Å². The highest BCUT2D eigenvalue weighted by molar-refractivity contribution is 5.68. The summed E-state index contributed by atoms with van der Waals surface area (Å²) in [6, 6.07) is 1.14. The molecule has 2 atom stereocenters. The van der Waals surface area contributed by atoms with Crippen molar-refractivity contribution in [2.75, 3.05) is 13.7 Å². The molecule has 0 radical (unpaired) electrons. The van der Waals surface area contributed by atoms with Crippen LogP contribution in [0.15, 0.2) is 0 Å². The summed E-state index contributed by atoms with van der Waals surface area (Å²) in [7, 11) is 1.46. The maximum Gasteiger partial charge on any atom is 0.411 e. The summed E-state index contributed by atoms with van der Waals surface area (Å²) in [4.78, 5) is 13.0. The number of likely N-dealkylation sites (N-methyl/N-ethyl adjacent to an activating group) is 1. The fourth-order valence-corrected chi connectivity index (χ4v) is 1.06. The molecule has 0 aromatic heterocycles. The fourth-order valence-electron chi connectivity index (χ4n) is 1.06. The molecule has 0 aliphatic rings. The third kappa shape index (κ3) is 6.99. The van der Waals surface area contributed by atoms with Crippen molar-refractivity contribution in [2.24, 2.45) is 0 Å². The van der Waals surface area contributed by atoms with Gasteiger partial charge in [0.2, 0.25) is 0 Å². The minimum Gasteiger partial charge on any atom is -0.444 e. The van der Waals surface area contributed by atoms with Crippen LogP contribution in [0.5, 0.6) is 0 Å². The van der Waals surface area contributed by atoms with Crippen molar-refractivity contribution in [3.63, 3.8) is 0 Å². The Morgan fingerprint density at radius 3 is 2.32 bits per heavy atom. The first-order valence-corrected chi connectivity index (χ1v) is 6.24. The minimum absolute atomic E-state index is 0.0763. The normalized spacial score (nSPS) is 16.1. The summed E-state index contributed by atoms with van der Waals surface area (Å²) in [6.45, 7) is 8.44. The second kappa shape index (κ2) is 6.73. The molecule has 110 valence electrons. The molecule has 0 aliphatic carbocycles. The summed E-state index contributed by atoms with van der Waals surface area (Å²) in [5.74, 6) is -1.30. The van der Waals surface area contributed by atoms with E-state index in [-0.39, 0.29) is 6.61 Å². The first-order chi connectivity index (χ1) is 8.52. The summed E-state index contributed by atoms with van der Waals surface area (Å²) in [5.41, 5.74) is -0.624. The van der Waals surface area contributed by atoms with E-state index in [0.29, 0.717) is 6.42 Å². The monoisotopic (exact) mass is 272 g/mol. The van der Waals surface area contributed by atoms with E-state index in [2.05, 4.69) is 0 Å². The van der Waals surface area contributed by atoms with Crippen molar-refractivity contribution in [1.82, 2.24) is 4.90 Å². The summed E-state index contributed by atoms with van der Waals surface area (Å²) in [6.07, 6.45) is -0.208. The van der Waals surface area contributed by atoms with E-state index < -0.39 is 23.5 Å². The van der Waals surface area contributed by atoms with Gasteiger partial charge in [-0.3, -0.25) is 4.90 Å². The molecule has 0 saturated carbocycles. The van der Waals surface area contributed by atoms with Crippen LogP contribution in [0, 0.1) is 11.3 Å². The number of hydrogen-bond donors (Lipinski definition) is 1. The highest BCUT2D eigenvalue weighted by Crippen LogP contribution is 2.14. The lowest BCUT2D eigenvalue weighted by atomic mass is 10.2. The highest BCUT2D eigenvalue weighted by Gasteiger charge is 2.28. The van der Waals surface area contributed by atoms with Gasteiger partial charge in [0, 0.05) is 7.05 Å². The van der Waals surface area contributed by atoms with Gasteiger partial charge in [0.05, 0.1) is 12.7 Å². The molecular weight excluding hydrogens is 248 g/mol. The van der Waals surface area contributed by atoms with E-state index in [9.17, 15) is 9.90 Å². The van der Waals surface area contributed by atoms with Crippen LogP contribution in [-0.4, -0.2) is 47.2 Å². The highest BCUT2D eigenvalue weighted by atomic mass is 16.6. The Kier molecular flexibility index (Phi) is 6.27. The smallest absolute Gasteiger partial charge is 0.411 e. The van der Waals surface area contributed by atoms with Crippen molar-refractivity contribution in [1.29, 1.82) is 5.26 Å². The van der Waals surface area contributed by atoms with E-state index in [0.717, 1.165) is 4.90 Å². The van der Waals surface area contributed by atoms with Crippen LogP contribution in [0.3, 0.4) is 0 Å². The molecule has 0 rings (SSSR count). The third-order valence-corrected chi connectivity index (χ3v) is 2.51. The van der Waals surface area contributed by atoms with Gasteiger partial charge >= 0.3 is 6.09 Å². The predicted molar refractivity (Wildman–Crippen MR) is 70.3 cm³/mol. The molecule has 19 heavy (non-hydrogen) atoms. The Bertz CT molecular complexity index is 342. The molecule has 0 bridgehead atoms. The van der Waals surface area contributed by atoms with E-state index in [4.69, 9.17) is 14.7 Å². The van der Waals surface area contributed by atoms with Crippen LogP contribution in [0.1, 0.15) is 41.0 Å². The number of amides is 1. The molecule has 1 N–H and O–H groups in total. The lowest BCUT2D eigenvalue weighted by Gasteiger charge is -2.29. The van der Waals surface area contributed by atoms with Crippen LogP contribution >= 0.6 is 0 Å². The van der Waals surface area contributed by atoms with Gasteiger partial charge in [0.15, 0.2) is 5.79 Å². The number of hydrogen-bond acceptors (Lipinski definition) is 5. The van der Waals surface area contributed by atoms with Gasteiger partial charge in [0.25, 0.3) is 0 Å². The maximum absolute atomic E-state index is 11.8. The standard InChI is InChI=1S/C13H24N2O4/c1-7-13(5,17)18-9-10(8-14)15(6)11(16)19-12(2,3)4/h10,17H,7,9H2,1-6H3. The molecule has 0 aromatic carbocycles. The van der Waals surface area contributed by atoms with Gasteiger partial charge in [-0.25, -0.2) is 4.79 Å². The first-order valence-electron chi connectivity index (χ1n) is 6.24. The largest absolute Gasteiger partial charge is 0.444 e. The quantitative estimate of drug-likeness (QED) is 0.773. The zero-order chi connectivity index (χ0) is 15.3. The average molecular weight is 272 g/mol. The molecule has 6 nitrogen and oxygen atoms in total. The number of carbonyl (C=O) groups excluding carboxylic acids is 1. The third-order valence-electron chi connectivity index (χ3n) is 2.51. The first kappa shape index (κ1) is 17.7. The van der Waals surface area contributed by atoms with Crippen LogP contribution in [0.25, 0.3) is 0 Å². The van der Waals surface area contributed by atoms with Crippen molar-refractivity contribution < 1.29 is 19.4 Å². The lowest BCUT2D eigenvalue weighted by molar-refractivity contribution is -0.195. The molecule has 0 aliphatic heterocycles. The van der Waals surface area contributed by atoms with Crippen LogP contribution in [0.2, 0.25) is 0 Å². The van der Waals surface area contributed by atoms with Crippen molar-refractivity contribution in [3.05, 3.63) is 0 Å². The molecule has 0 fully saturated rings. The summed E-state index contributed by atoms with van der Waals surface area (Å²) < 4.78 is 10.4. The fraction of sp³-hybridized carbons (Fsp3) is 0.846. The minimum atomic E-state index is -1.30. The van der Waals surface area contributed by atoms with Gasteiger partial charge in [-0.15, -0.1) is 0 Å². The Labute approximate surface area is 114 Å². The van der Waals surface area contributed by atoms with Gasteiger partial charge in [-0.05, 0) is 34.1 Å². The lowest BCUT2D eigenvalue weighted by Crippen LogP contribution is -2.44. The molecular formula is C13H24N2O4. The maximum atomic E-state index is 11.8. The zero-order valence-electron chi connectivity index (χ0n) is 12.6. The Morgan fingerprint density at radius 2 is 1.95 bits per heavy atom. The topological polar surface area (TPSA) is 82.8 Å². The molecule has 6 heteroatoms. The summed E-state index contributed by atoms with van der Waals surface area (Å²) in [5, 5.41) is 18.8. The van der Waals surface area contributed by atoms with Crippen molar-refractivity contribution in [3.8, 4) is 6.07 Å². The van der Waals surface area contributed by atoms with E-state index >= 15 is 0 Å². The number of aliphatic hydroxyl groups is 1. The summed E-state index contributed by atoms with van der Waals surface area (Å²) >= 11 is 0. The molecule has 0 saturated heterocycles. The number of nitriles is 1. The van der Waals surface area contributed by atoms with E-state index in [1.807, 2.05) is 6.07 Å². The molecule has 0 heterocycles. The number of ether oxygens (including phenoxy) is 2. The SMILES string of the molecule is CCC(C)(O)OCC(C#N)N(C)C(=O)OC(C)(C)C. The average Bonchev–Trinajstić information content (AvgIpc) is 2.27. The molecule has 1 amide bonds. The number of carbonyl (C=O) groups is 1. The molecule has 2 unspecified atom stereocenters. The number of rotatable bonds is 5. The molecule has 0 aromatic rings. The Morgan fingerprint density at radius 1 is 1.42 bits per heavy atom.